The van der Waals surface area contributed by atoms with Crippen LogP contribution in [0.5, 0.6) is 0 Å². The van der Waals surface area contributed by atoms with Crippen LogP contribution in [0.4, 0.5) is 0 Å². The second kappa shape index (κ2) is 9.72. The molecule has 3 heterocycles. The minimum atomic E-state index is -0.605. The molecule has 5 rings (SSSR count). The summed E-state index contributed by atoms with van der Waals surface area (Å²) in [7, 11) is 0. The van der Waals surface area contributed by atoms with Gasteiger partial charge in [0.25, 0.3) is 5.89 Å². The van der Waals surface area contributed by atoms with Crippen molar-refractivity contribution in [3.63, 3.8) is 0 Å². The maximum Gasteiger partial charge on any atom is 0.437 e. The topological polar surface area (TPSA) is 92.1 Å². The van der Waals surface area contributed by atoms with Gasteiger partial charge in [-0.05, 0) is 23.6 Å². The number of aryl methyl sites for hydroxylation is 1. The quantitative estimate of drug-likeness (QED) is 0.308. The average molecular weight is 473 g/mol. The highest BCUT2D eigenvalue weighted by Crippen LogP contribution is 2.24. The van der Waals surface area contributed by atoms with Crippen molar-refractivity contribution in [2.45, 2.75) is 19.6 Å². The van der Waals surface area contributed by atoms with Gasteiger partial charge in [0.15, 0.2) is 0 Å². The summed E-state index contributed by atoms with van der Waals surface area (Å²) in [5, 5.41) is 10.7. The lowest BCUT2D eigenvalue weighted by atomic mass is 10.1. The Hall–Kier alpha value is -4.24. The first-order valence-corrected chi connectivity index (χ1v) is 11.5. The molecule has 3 aromatic heterocycles. The van der Waals surface area contributed by atoms with Crippen molar-refractivity contribution in [1.82, 2.24) is 19.6 Å². The number of rotatable bonds is 8. The standard InChI is InChI=1S/C25H20N4O4S/c30-22(13-14-28-25(31)33-24(27-28)21-12-7-15-34-21)32-17-19-16-29(20-10-5-2-6-11-20)26-23(19)18-8-3-1-4-9-18/h1-12,15-16H,13-14,17H2. The smallest absolute Gasteiger partial charge is 0.437 e. The molecule has 0 amide bonds. The predicted octanol–water partition coefficient (Wildman–Crippen LogP) is 4.55. The lowest BCUT2D eigenvalue weighted by Crippen LogP contribution is -2.18. The van der Waals surface area contributed by atoms with E-state index < -0.39 is 11.7 Å². The number of esters is 1. The second-order valence-electron chi connectivity index (χ2n) is 7.43. The second-order valence-corrected chi connectivity index (χ2v) is 8.38. The third kappa shape index (κ3) is 4.74. The number of carbonyl (C=O) groups excluding carboxylic acids is 1. The maximum atomic E-state index is 12.4. The molecule has 2 aromatic carbocycles. The highest BCUT2D eigenvalue weighted by molar-refractivity contribution is 7.13. The zero-order chi connectivity index (χ0) is 23.3. The van der Waals surface area contributed by atoms with E-state index in [1.807, 2.05) is 84.4 Å². The first kappa shape index (κ1) is 21.6. The van der Waals surface area contributed by atoms with Crippen molar-refractivity contribution in [3.05, 3.63) is 100 Å². The molecule has 0 unspecified atom stereocenters. The van der Waals surface area contributed by atoms with Crippen LogP contribution >= 0.6 is 11.3 Å². The van der Waals surface area contributed by atoms with Crippen LogP contribution in [0.2, 0.25) is 0 Å². The van der Waals surface area contributed by atoms with Crippen LogP contribution in [0.1, 0.15) is 12.0 Å². The molecule has 0 radical (unpaired) electrons. The number of benzene rings is 2. The molecule has 0 bridgehead atoms. The van der Waals surface area contributed by atoms with Crippen LogP contribution in [0, 0.1) is 0 Å². The number of para-hydroxylation sites is 1. The molecule has 5 aromatic rings. The van der Waals surface area contributed by atoms with Gasteiger partial charge in [-0.3, -0.25) is 4.79 Å². The Morgan fingerprint density at radius 2 is 1.74 bits per heavy atom. The molecule has 0 aliphatic rings. The lowest BCUT2D eigenvalue weighted by Gasteiger charge is -2.05. The molecule has 170 valence electrons. The van der Waals surface area contributed by atoms with Gasteiger partial charge in [0, 0.05) is 17.3 Å². The first-order valence-electron chi connectivity index (χ1n) is 10.6. The molecular weight excluding hydrogens is 452 g/mol. The van der Waals surface area contributed by atoms with E-state index in [0.717, 1.165) is 32.1 Å². The van der Waals surface area contributed by atoms with Gasteiger partial charge in [-0.1, -0.05) is 54.6 Å². The van der Waals surface area contributed by atoms with Crippen molar-refractivity contribution < 1.29 is 13.9 Å². The average Bonchev–Trinajstić information content (AvgIpc) is 3.63. The van der Waals surface area contributed by atoms with Gasteiger partial charge < -0.3 is 9.15 Å². The van der Waals surface area contributed by atoms with E-state index in [0.29, 0.717) is 0 Å². The normalized spacial score (nSPS) is 10.9. The predicted molar refractivity (Wildman–Crippen MR) is 127 cm³/mol. The monoisotopic (exact) mass is 472 g/mol. The number of aromatic nitrogens is 4. The minimum Gasteiger partial charge on any atom is -0.461 e. The third-order valence-corrected chi connectivity index (χ3v) is 5.97. The molecule has 0 saturated carbocycles. The lowest BCUT2D eigenvalue weighted by molar-refractivity contribution is -0.145. The molecule has 0 saturated heterocycles. The number of ether oxygens (including phenoxy) is 1. The Labute approximate surface area is 198 Å². The molecule has 0 aliphatic heterocycles. The van der Waals surface area contributed by atoms with Crippen molar-refractivity contribution in [2.75, 3.05) is 0 Å². The van der Waals surface area contributed by atoms with Crippen molar-refractivity contribution in [1.29, 1.82) is 0 Å². The highest BCUT2D eigenvalue weighted by atomic mass is 32.1. The Kier molecular flexibility index (Phi) is 6.17. The van der Waals surface area contributed by atoms with E-state index in [4.69, 9.17) is 14.3 Å². The SMILES string of the molecule is O=C(CCn1nc(-c2cccs2)oc1=O)OCc1cn(-c2ccccc2)nc1-c1ccccc1. The molecule has 0 fully saturated rings. The van der Waals surface area contributed by atoms with Crippen molar-refractivity contribution in [3.8, 4) is 27.7 Å². The van der Waals surface area contributed by atoms with Gasteiger partial charge in [-0.15, -0.1) is 16.4 Å². The molecule has 0 aliphatic carbocycles. The number of nitrogens with zero attached hydrogens (tertiary/aromatic N) is 4. The molecule has 0 spiro atoms. The zero-order valence-electron chi connectivity index (χ0n) is 18.0. The van der Waals surface area contributed by atoms with Crippen molar-refractivity contribution in [2.24, 2.45) is 0 Å². The van der Waals surface area contributed by atoms with Crippen molar-refractivity contribution >= 4 is 17.3 Å². The molecule has 8 nitrogen and oxygen atoms in total. The summed E-state index contributed by atoms with van der Waals surface area (Å²) in [5.74, 6) is -0.806. The van der Waals surface area contributed by atoms with Gasteiger partial charge in [0.1, 0.15) is 6.61 Å². The molecule has 0 N–H and O–H groups in total. The summed E-state index contributed by atoms with van der Waals surface area (Å²) < 4.78 is 13.6. The van der Waals surface area contributed by atoms with Crippen LogP contribution in [-0.4, -0.2) is 25.5 Å². The van der Waals surface area contributed by atoms with Crippen LogP contribution < -0.4 is 5.76 Å². The van der Waals surface area contributed by atoms with E-state index >= 15 is 0 Å². The number of hydrogen-bond donors (Lipinski definition) is 0. The van der Waals surface area contributed by atoms with Crippen LogP contribution in [0.3, 0.4) is 0 Å². The molecule has 0 atom stereocenters. The van der Waals surface area contributed by atoms with Crippen LogP contribution in [-0.2, 0) is 22.7 Å². The van der Waals surface area contributed by atoms with E-state index in [1.54, 1.807) is 4.68 Å². The van der Waals surface area contributed by atoms with E-state index in [2.05, 4.69) is 5.10 Å². The van der Waals surface area contributed by atoms with E-state index in [1.165, 1.54) is 11.3 Å². The summed E-state index contributed by atoms with van der Waals surface area (Å²) in [5.41, 5.74) is 3.36. The first-order chi connectivity index (χ1) is 16.7. The summed E-state index contributed by atoms with van der Waals surface area (Å²) >= 11 is 1.42. The summed E-state index contributed by atoms with van der Waals surface area (Å²) in [6, 6.07) is 23.1. The summed E-state index contributed by atoms with van der Waals surface area (Å²) in [6.45, 7) is 0.130. The van der Waals surface area contributed by atoms with Crippen LogP contribution in [0.25, 0.3) is 27.7 Å². The number of hydrogen-bond acceptors (Lipinski definition) is 7. The van der Waals surface area contributed by atoms with E-state index in [-0.39, 0.29) is 25.5 Å². The Balaban J connectivity index is 1.28. The maximum absolute atomic E-state index is 12.4. The highest BCUT2D eigenvalue weighted by Gasteiger charge is 2.16. The molecular formula is C25H20N4O4S. The van der Waals surface area contributed by atoms with Gasteiger partial charge in [-0.25, -0.2) is 9.48 Å². The number of carbonyl (C=O) groups is 1. The summed E-state index contributed by atoms with van der Waals surface area (Å²) in [6.07, 6.45) is 1.85. The van der Waals surface area contributed by atoms with Gasteiger partial charge >= 0.3 is 11.7 Å². The largest absolute Gasteiger partial charge is 0.461 e. The third-order valence-electron chi connectivity index (χ3n) is 5.11. The fraction of sp³-hybridized carbons (Fsp3) is 0.120. The van der Waals surface area contributed by atoms with E-state index in [9.17, 15) is 9.59 Å². The molecule has 34 heavy (non-hydrogen) atoms. The Morgan fingerprint density at radius 1 is 0.971 bits per heavy atom. The Bertz CT molecular complexity index is 1440. The Morgan fingerprint density at radius 3 is 2.47 bits per heavy atom. The minimum absolute atomic E-state index is 0.0101. The van der Waals surface area contributed by atoms with Crippen LogP contribution in [0.15, 0.2) is 93.6 Å². The van der Waals surface area contributed by atoms with Gasteiger partial charge in [0.05, 0.1) is 29.2 Å². The fourth-order valence-corrected chi connectivity index (χ4v) is 4.09. The van der Waals surface area contributed by atoms with Gasteiger partial charge in [-0.2, -0.15) is 9.78 Å². The fourth-order valence-electron chi connectivity index (χ4n) is 3.44. The molecule has 9 heteroatoms. The zero-order valence-corrected chi connectivity index (χ0v) is 18.9. The summed E-state index contributed by atoms with van der Waals surface area (Å²) in [4.78, 5) is 25.2. The number of thiophene rings is 1. The van der Waals surface area contributed by atoms with Gasteiger partial charge in [0.2, 0.25) is 0 Å².